The lowest BCUT2D eigenvalue weighted by Gasteiger charge is -2.15. The first-order valence-electron chi connectivity index (χ1n) is 12.7. The topological polar surface area (TPSA) is 97.1 Å². The third kappa shape index (κ3) is 6.40. The van der Waals surface area contributed by atoms with E-state index in [9.17, 15) is 10.1 Å². The molecular formula is C32H26N4O3S2. The number of aromatic nitrogens is 2. The van der Waals surface area contributed by atoms with E-state index >= 15 is 0 Å². The van der Waals surface area contributed by atoms with Gasteiger partial charge in [-0.2, -0.15) is 5.26 Å². The smallest absolute Gasteiger partial charge is 0.239 e. The summed E-state index contributed by atoms with van der Waals surface area (Å²) in [6.07, 6.45) is 0. The van der Waals surface area contributed by atoms with Crippen LogP contribution in [-0.4, -0.2) is 35.3 Å². The van der Waals surface area contributed by atoms with E-state index < -0.39 is 5.25 Å². The minimum Gasteiger partial charge on any atom is -0.497 e. The highest BCUT2D eigenvalue weighted by Gasteiger charge is 2.22. The van der Waals surface area contributed by atoms with E-state index in [1.54, 1.807) is 21.1 Å². The predicted molar refractivity (Wildman–Crippen MR) is 164 cm³/mol. The van der Waals surface area contributed by atoms with Crippen LogP contribution in [-0.2, 0) is 4.79 Å². The van der Waals surface area contributed by atoms with Crippen molar-refractivity contribution in [1.82, 2.24) is 9.97 Å². The van der Waals surface area contributed by atoms with Crippen LogP contribution in [0.3, 0.4) is 0 Å². The summed E-state index contributed by atoms with van der Waals surface area (Å²) in [5.74, 6) is 1.26. The molecule has 0 saturated carbocycles. The summed E-state index contributed by atoms with van der Waals surface area (Å²) in [6, 6.07) is 29.2. The van der Waals surface area contributed by atoms with Gasteiger partial charge in [0.25, 0.3) is 0 Å². The van der Waals surface area contributed by atoms with Crippen molar-refractivity contribution >= 4 is 34.1 Å². The Hall–Kier alpha value is -4.65. The maximum absolute atomic E-state index is 13.2. The molecule has 0 aliphatic heterocycles. The first kappa shape index (κ1) is 27.9. The Morgan fingerprint density at radius 2 is 1.49 bits per heavy atom. The number of pyridine rings is 1. The fourth-order valence-corrected chi connectivity index (χ4v) is 5.77. The Labute approximate surface area is 246 Å². The van der Waals surface area contributed by atoms with Crippen LogP contribution in [0.5, 0.6) is 11.5 Å². The van der Waals surface area contributed by atoms with Gasteiger partial charge in [-0.15, -0.1) is 11.3 Å². The molecule has 0 spiro atoms. The van der Waals surface area contributed by atoms with E-state index in [4.69, 9.17) is 14.5 Å². The zero-order valence-corrected chi connectivity index (χ0v) is 24.3. The third-order valence-electron chi connectivity index (χ3n) is 6.35. The van der Waals surface area contributed by atoms with Crippen LogP contribution in [0, 0.1) is 11.3 Å². The fourth-order valence-electron chi connectivity index (χ4n) is 4.12. The summed E-state index contributed by atoms with van der Waals surface area (Å²) >= 11 is 2.60. The number of thiazole rings is 1. The first-order valence-corrected chi connectivity index (χ1v) is 14.5. The normalized spacial score (nSPS) is 11.4. The molecule has 0 fully saturated rings. The highest BCUT2D eigenvalue weighted by molar-refractivity contribution is 8.00. The molecule has 2 aromatic heterocycles. The number of nitriles is 1. The molecule has 1 N–H and O–H groups in total. The van der Waals surface area contributed by atoms with Crippen LogP contribution in [0.2, 0.25) is 0 Å². The van der Waals surface area contributed by atoms with Gasteiger partial charge in [0.2, 0.25) is 5.91 Å². The van der Waals surface area contributed by atoms with Gasteiger partial charge >= 0.3 is 0 Å². The number of methoxy groups -OCH3 is 2. The number of rotatable bonds is 9. The van der Waals surface area contributed by atoms with E-state index in [1.807, 2.05) is 90.3 Å². The predicted octanol–water partition coefficient (Wildman–Crippen LogP) is 7.55. The number of carbonyl (C=O) groups excluding carboxylic acids is 1. The van der Waals surface area contributed by atoms with E-state index in [0.29, 0.717) is 15.7 Å². The van der Waals surface area contributed by atoms with Gasteiger partial charge in [-0.05, 0) is 55.0 Å². The van der Waals surface area contributed by atoms with Crippen LogP contribution in [0.1, 0.15) is 12.5 Å². The molecule has 0 aliphatic carbocycles. The summed E-state index contributed by atoms with van der Waals surface area (Å²) in [5.41, 5.74) is 5.33. The van der Waals surface area contributed by atoms with E-state index in [2.05, 4.69) is 16.4 Å². The number of ether oxygens (including phenoxy) is 2. The number of benzene rings is 3. The molecule has 2 heterocycles. The molecule has 0 radical (unpaired) electrons. The second-order valence-electron chi connectivity index (χ2n) is 8.96. The molecule has 1 atom stereocenters. The second kappa shape index (κ2) is 12.7. The Morgan fingerprint density at radius 1 is 0.878 bits per heavy atom. The number of hydrogen-bond donors (Lipinski definition) is 1. The third-order valence-corrected chi connectivity index (χ3v) is 8.19. The van der Waals surface area contributed by atoms with Crippen molar-refractivity contribution in [2.75, 3.05) is 19.5 Å². The molecule has 9 heteroatoms. The van der Waals surface area contributed by atoms with Crippen molar-refractivity contribution in [3.05, 3.63) is 95.9 Å². The molecule has 3 aromatic carbocycles. The highest BCUT2D eigenvalue weighted by Crippen LogP contribution is 2.36. The monoisotopic (exact) mass is 578 g/mol. The van der Waals surface area contributed by atoms with Gasteiger partial charge < -0.3 is 14.8 Å². The standard InChI is InChI=1S/C32H26N4O3S2/c1-20(30(37)36-32-35-29(19-40-32)23-11-15-25(39-3)16-12-23)41-31-27(18-33)26(21-9-13-24(38-2)14-10-21)17-28(34-31)22-7-5-4-6-8-22/h4-17,19-20H,1-3H3,(H,35,36,37). The van der Waals surface area contributed by atoms with Crippen LogP contribution in [0.4, 0.5) is 5.13 Å². The van der Waals surface area contributed by atoms with Crippen molar-refractivity contribution in [3.8, 4) is 51.2 Å². The average Bonchev–Trinajstić information content (AvgIpc) is 3.49. The Balaban J connectivity index is 1.41. The van der Waals surface area contributed by atoms with Gasteiger partial charge in [0, 0.05) is 22.1 Å². The van der Waals surface area contributed by atoms with Crippen LogP contribution in [0.15, 0.2) is 95.3 Å². The lowest BCUT2D eigenvalue weighted by atomic mass is 9.99. The number of anilines is 1. The minimum absolute atomic E-state index is 0.229. The highest BCUT2D eigenvalue weighted by atomic mass is 32.2. The number of carbonyl (C=O) groups is 1. The summed E-state index contributed by atoms with van der Waals surface area (Å²) in [7, 11) is 3.24. The number of hydrogen-bond acceptors (Lipinski definition) is 8. The molecule has 5 rings (SSSR count). The molecule has 0 aliphatic rings. The molecular weight excluding hydrogens is 553 g/mol. The van der Waals surface area contributed by atoms with Gasteiger partial charge in [-0.25, -0.2) is 9.97 Å². The molecule has 7 nitrogen and oxygen atoms in total. The molecule has 41 heavy (non-hydrogen) atoms. The first-order chi connectivity index (χ1) is 20.0. The molecule has 204 valence electrons. The molecule has 1 amide bonds. The zero-order chi connectivity index (χ0) is 28.8. The minimum atomic E-state index is -0.544. The largest absolute Gasteiger partial charge is 0.497 e. The SMILES string of the molecule is COc1ccc(-c2csc(NC(=O)C(C)Sc3nc(-c4ccccc4)cc(-c4ccc(OC)cc4)c3C#N)n2)cc1. The van der Waals surface area contributed by atoms with E-state index in [1.165, 1.54) is 23.1 Å². The number of thioether (sulfide) groups is 1. The van der Waals surface area contributed by atoms with Crippen molar-refractivity contribution in [1.29, 1.82) is 5.26 Å². The van der Waals surface area contributed by atoms with Gasteiger partial charge in [-0.3, -0.25) is 4.79 Å². The van der Waals surface area contributed by atoms with Gasteiger partial charge in [-0.1, -0.05) is 54.2 Å². The van der Waals surface area contributed by atoms with Crippen molar-refractivity contribution < 1.29 is 14.3 Å². The van der Waals surface area contributed by atoms with E-state index in [-0.39, 0.29) is 5.91 Å². The second-order valence-corrected chi connectivity index (χ2v) is 11.1. The Bertz CT molecular complexity index is 1700. The summed E-state index contributed by atoms with van der Waals surface area (Å²) < 4.78 is 10.5. The van der Waals surface area contributed by atoms with Crippen molar-refractivity contribution in [3.63, 3.8) is 0 Å². The number of nitrogens with one attached hydrogen (secondary N) is 1. The molecule has 0 saturated heterocycles. The lowest BCUT2D eigenvalue weighted by Crippen LogP contribution is -2.22. The van der Waals surface area contributed by atoms with Crippen LogP contribution < -0.4 is 14.8 Å². The number of nitrogens with zero attached hydrogens (tertiary/aromatic N) is 3. The quantitative estimate of drug-likeness (QED) is 0.180. The lowest BCUT2D eigenvalue weighted by molar-refractivity contribution is -0.115. The molecule has 0 bridgehead atoms. The van der Waals surface area contributed by atoms with Gasteiger partial charge in [0.1, 0.15) is 22.6 Å². The van der Waals surface area contributed by atoms with E-state index in [0.717, 1.165) is 45.1 Å². The van der Waals surface area contributed by atoms with Gasteiger partial charge in [0.15, 0.2) is 5.13 Å². The molecule has 5 aromatic rings. The Morgan fingerprint density at radius 3 is 2.10 bits per heavy atom. The average molecular weight is 579 g/mol. The van der Waals surface area contributed by atoms with Crippen molar-refractivity contribution in [2.45, 2.75) is 17.2 Å². The molecule has 1 unspecified atom stereocenters. The van der Waals surface area contributed by atoms with Crippen LogP contribution in [0.25, 0.3) is 33.6 Å². The number of amides is 1. The van der Waals surface area contributed by atoms with Gasteiger partial charge in [0.05, 0.1) is 36.4 Å². The fraction of sp³-hybridized carbons (Fsp3) is 0.125. The Kier molecular flexibility index (Phi) is 8.63. The zero-order valence-electron chi connectivity index (χ0n) is 22.6. The summed E-state index contributed by atoms with van der Waals surface area (Å²) in [4.78, 5) is 22.6. The summed E-state index contributed by atoms with van der Waals surface area (Å²) in [6.45, 7) is 1.79. The maximum Gasteiger partial charge on any atom is 0.239 e. The summed E-state index contributed by atoms with van der Waals surface area (Å²) in [5, 5.41) is 15.5. The maximum atomic E-state index is 13.2. The van der Waals surface area contributed by atoms with Crippen molar-refractivity contribution in [2.24, 2.45) is 0 Å². The van der Waals surface area contributed by atoms with Crippen LogP contribution >= 0.6 is 23.1 Å².